The SMILES string of the molecule is COc1cc(C)c(/C=C/C(C)=C/C=C/C(C)=C/C(=O)O)s1. The molecule has 4 heteroatoms. The summed E-state index contributed by atoms with van der Waals surface area (Å²) < 4.78 is 5.21. The molecule has 0 unspecified atom stereocenters. The Hall–Kier alpha value is -2.07. The number of hydrogen-bond acceptors (Lipinski definition) is 3. The van der Waals surface area contributed by atoms with Crippen LogP contribution in [0.3, 0.4) is 0 Å². The maximum Gasteiger partial charge on any atom is 0.328 e. The van der Waals surface area contributed by atoms with Gasteiger partial charge in [0.15, 0.2) is 5.06 Å². The zero-order valence-corrected chi connectivity index (χ0v) is 13.5. The van der Waals surface area contributed by atoms with Gasteiger partial charge in [0.2, 0.25) is 0 Å². The smallest absolute Gasteiger partial charge is 0.328 e. The second-order valence-electron chi connectivity index (χ2n) is 4.65. The van der Waals surface area contributed by atoms with Crippen LogP contribution in [0.4, 0.5) is 0 Å². The number of allylic oxidation sites excluding steroid dienone is 6. The average molecular weight is 304 g/mol. The van der Waals surface area contributed by atoms with Crippen LogP contribution in [-0.2, 0) is 4.79 Å². The van der Waals surface area contributed by atoms with Gasteiger partial charge in [-0.1, -0.05) is 41.2 Å². The summed E-state index contributed by atoms with van der Waals surface area (Å²) in [6.45, 7) is 5.81. The van der Waals surface area contributed by atoms with Crippen molar-refractivity contribution < 1.29 is 14.6 Å². The minimum Gasteiger partial charge on any atom is -0.487 e. The first-order chi connectivity index (χ1) is 9.92. The summed E-state index contributed by atoms with van der Waals surface area (Å²) in [5.41, 5.74) is 2.98. The standard InChI is InChI=1S/C17H20O3S/c1-12(6-5-7-13(2)10-16(18)19)8-9-15-14(3)11-17(20-4)21-15/h5-11H,1-4H3,(H,18,19)/b7-5+,9-8+,12-6+,13-10+. The Morgan fingerprint density at radius 2 is 2.00 bits per heavy atom. The summed E-state index contributed by atoms with van der Waals surface area (Å²) >= 11 is 1.61. The van der Waals surface area contributed by atoms with Gasteiger partial charge >= 0.3 is 5.97 Å². The number of carbonyl (C=O) groups is 1. The van der Waals surface area contributed by atoms with Crippen molar-refractivity contribution in [2.75, 3.05) is 7.11 Å². The highest BCUT2D eigenvalue weighted by atomic mass is 32.1. The fourth-order valence-corrected chi connectivity index (χ4v) is 2.48. The molecule has 0 radical (unpaired) electrons. The normalized spacial score (nSPS) is 13.3. The number of carboxylic acid groups (broad SMARTS) is 1. The fraction of sp³-hybridized carbons (Fsp3) is 0.235. The predicted octanol–water partition coefficient (Wildman–Crippen LogP) is 4.61. The van der Waals surface area contributed by atoms with E-state index in [2.05, 4.69) is 13.0 Å². The molecule has 0 amide bonds. The molecule has 0 aliphatic rings. The number of aliphatic carboxylic acids is 1. The lowest BCUT2D eigenvalue weighted by Crippen LogP contribution is -1.87. The third-order valence-corrected chi connectivity index (χ3v) is 3.87. The Morgan fingerprint density at radius 1 is 1.29 bits per heavy atom. The number of aryl methyl sites for hydroxylation is 1. The average Bonchev–Trinajstić information content (AvgIpc) is 2.76. The number of ether oxygens (including phenoxy) is 1. The van der Waals surface area contributed by atoms with Gasteiger partial charge in [0, 0.05) is 11.0 Å². The van der Waals surface area contributed by atoms with E-state index in [1.165, 1.54) is 16.5 Å². The quantitative estimate of drug-likeness (QED) is 0.616. The van der Waals surface area contributed by atoms with Crippen LogP contribution in [0.2, 0.25) is 0 Å². The molecule has 1 N–H and O–H groups in total. The van der Waals surface area contributed by atoms with E-state index >= 15 is 0 Å². The lowest BCUT2D eigenvalue weighted by molar-refractivity contribution is -0.131. The summed E-state index contributed by atoms with van der Waals surface area (Å²) in [7, 11) is 1.67. The van der Waals surface area contributed by atoms with Crippen molar-refractivity contribution >= 4 is 23.4 Å². The Morgan fingerprint density at radius 3 is 2.57 bits per heavy atom. The van der Waals surface area contributed by atoms with Crippen molar-refractivity contribution in [2.45, 2.75) is 20.8 Å². The van der Waals surface area contributed by atoms with Crippen LogP contribution in [-0.4, -0.2) is 18.2 Å². The highest BCUT2D eigenvalue weighted by Crippen LogP contribution is 2.29. The summed E-state index contributed by atoms with van der Waals surface area (Å²) in [5, 5.41) is 9.51. The van der Waals surface area contributed by atoms with Gasteiger partial charge in [-0.25, -0.2) is 4.79 Å². The lowest BCUT2D eigenvalue weighted by atomic mass is 10.2. The molecule has 0 atom stereocenters. The van der Waals surface area contributed by atoms with Crippen LogP contribution in [0.15, 0.2) is 47.6 Å². The summed E-state index contributed by atoms with van der Waals surface area (Å²) in [4.78, 5) is 11.7. The molecule has 0 aromatic carbocycles. The van der Waals surface area contributed by atoms with Gasteiger partial charge in [-0.3, -0.25) is 0 Å². The van der Waals surface area contributed by atoms with Gasteiger partial charge in [-0.2, -0.15) is 0 Å². The van der Waals surface area contributed by atoms with E-state index in [4.69, 9.17) is 9.84 Å². The Bertz CT molecular complexity index is 616. The molecule has 112 valence electrons. The maximum atomic E-state index is 10.5. The van der Waals surface area contributed by atoms with Crippen molar-refractivity contribution in [1.82, 2.24) is 0 Å². The first-order valence-electron chi connectivity index (χ1n) is 6.51. The Labute approximate surface area is 129 Å². The van der Waals surface area contributed by atoms with E-state index in [1.807, 2.05) is 31.2 Å². The molecular formula is C17H20O3S. The molecule has 1 heterocycles. The lowest BCUT2D eigenvalue weighted by Gasteiger charge is -1.92. The van der Waals surface area contributed by atoms with Crippen LogP contribution in [0.1, 0.15) is 24.3 Å². The third-order valence-electron chi connectivity index (χ3n) is 2.70. The second-order valence-corrected chi connectivity index (χ2v) is 5.69. The molecule has 3 nitrogen and oxygen atoms in total. The zero-order valence-electron chi connectivity index (χ0n) is 12.7. The monoisotopic (exact) mass is 304 g/mol. The van der Waals surface area contributed by atoms with Gasteiger partial charge in [0.25, 0.3) is 0 Å². The molecule has 0 saturated carbocycles. The highest BCUT2D eigenvalue weighted by Gasteiger charge is 2.01. The minimum absolute atomic E-state index is 0.703. The number of carboxylic acids is 1. The van der Waals surface area contributed by atoms with Gasteiger partial charge < -0.3 is 9.84 Å². The van der Waals surface area contributed by atoms with Crippen molar-refractivity contribution in [3.63, 3.8) is 0 Å². The number of methoxy groups -OCH3 is 1. The first kappa shape index (κ1) is 17.0. The highest BCUT2D eigenvalue weighted by molar-refractivity contribution is 7.14. The van der Waals surface area contributed by atoms with Gasteiger partial charge in [0.1, 0.15) is 0 Å². The van der Waals surface area contributed by atoms with E-state index in [9.17, 15) is 4.79 Å². The van der Waals surface area contributed by atoms with Crippen molar-refractivity contribution in [2.24, 2.45) is 0 Å². The van der Waals surface area contributed by atoms with E-state index in [0.717, 1.165) is 10.6 Å². The number of rotatable bonds is 6. The molecule has 0 fully saturated rings. The molecule has 0 aliphatic heterocycles. The topological polar surface area (TPSA) is 46.5 Å². The molecule has 21 heavy (non-hydrogen) atoms. The molecule has 1 aromatic rings. The number of thiophene rings is 1. The van der Waals surface area contributed by atoms with E-state index in [1.54, 1.807) is 31.4 Å². The van der Waals surface area contributed by atoms with E-state index in [-0.39, 0.29) is 0 Å². The maximum absolute atomic E-state index is 10.5. The van der Waals surface area contributed by atoms with E-state index in [0.29, 0.717) is 5.57 Å². The van der Waals surface area contributed by atoms with Gasteiger partial charge in [-0.05, 0) is 44.1 Å². The van der Waals surface area contributed by atoms with Crippen LogP contribution >= 0.6 is 11.3 Å². The largest absolute Gasteiger partial charge is 0.487 e. The molecule has 0 saturated heterocycles. The van der Waals surface area contributed by atoms with Crippen LogP contribution in [0.25, 0.3) is 6.08 Å². The number of hydrogen-bond donors (Lipinski definition) is 1. The van der Waals surface area contributed by atoms with Crippen molar-refractivity contribution in [3.05, 3.63) is 58.0 Å². The second kappa shape index (κ2) is 8.27. The first-order valence-corrected chi connectivity index (χ1v) is 7.32. The van der Waals surface area contributed by atoms with Crippen LogP contribution in [0.5, 0.6) is 5.06 Å². The zero-order chi connectivity index (χ0) is 15.8. The van der Waals surface area contributed by atoms with Crippen molar-refractivity contribution in [3.8, 4) is 5.06 Å². The molecule has 1 aromatic heterocycles. The predicted molar refractivity (Wildman–Crippen MR) is 88.9 cm³/mol. The third kappa shape index (κ3) is 6.27. The Balaban J connectivity index is 2.71. The molecule has 0 aliphatic carbocycles. The molecule has 0 bridgehead atoms. The van der Waals surface area contributed by atoms with Gasteiger partial charge in [0.05, 0.1) is 7.11 Å². The summed E-state index contributed by atoms with van der Waals surface area (Å²) in [6.07, 6.45) is 10.8. The van der Waals surface area contributed by atoms with E-state index < -0.39 is 5.97 Å². The summed E-state index contributed by atoms with van der Waals surface area (Å²) in [6, 6.07) is 2.02. The Kier molecular flexibility index (Phi) is 6.69. The van der Waals surface area contributed by atoms with Crippen LogP contribution < -0.4 is 4.74 Å². The fourth-order valence-electron chi connectivity index (χ4n) is 1.59. The summed E-state index contributed by atoms with van der Waals surface area (Å²) in [5.74, 6) is -0.931. The minimum atomic E-state index is -0.931. The molecular weight excluding hydrogens is 284 g/mol. The van der Waals surface area contributed by atoms with Gasteiger partial charge in [-0.15, -0.1) is 0 Å². The molecule has 1 rings (SSSR count). The van der Waals surface area contributed by atoms with Crippen LogP contribution in [0, 0.1) is 6.92 Å². The molecule has 0 spiro atoms. The van der Waals surface area contributed by atoms with Crippen molar-refractivity contribution in [1.29, 1.82) is 0 Å².